The van der Waals surface area contributed by atoms with Crippen LogP contribution in [0.15, 0.2) is 24.3 Å². The van der Waals surface area contributed by atoms with Crippen molar-refractivity contribution >= 4 is 16.9 Å². The Labute approximate surface area is 132 Å². The third-order valence-corrected chi connectivity index (χ3v) is 4.55. The Morgan fingerprint density at radius 2 is 2.09 bits per heavy atom. The molecule has 118 valence electrons. The van der Waals surface area contributed by atoms with Gasteiger partial charge in [-0.05, 0) is 25.0 Å². The molecule has 0 atom stereocenters. The first kappa shape index (κ1) is 15.1. The van der Waals surface area contributed by atoms with Crippen molar-refractivity contribution in [1.29, 1.82) is 0 Å². The Bertz CT molecular complexity index is 647. The van der Waals surface area contributed by atoms with Gasteiger partial charge in [-0.2, -0.15) is 0 Å². The van der Waals surface area contributed by atoms with Crippen molar-refractivity contribution in [2.75, 3.05) is 6.54 Å². The molecule has 1 aromatic carbocycles. The van der Waals surface area contributed by atoms with Gasteiger partial charge in [0.15, 0.2) is 17.7 Å². The van der Waals surface area contributed by atoms with Crippen molar-refractivity contribution in [2.24, 2.45) is 0 Å². The molecule has 22 heavy (non-hydrogen) atoms. The van der Waals surface area contributed by atoms with E-state index in [-0.39, 0.29) is 5.91 Å². The Balaban J connectivity index is 1.82. The van der Waals surface area contributed by atoms with E-state index >= 15 is 0 Å². The molecular weight excluding hydrogens is 274 g/mol. The zero-order chi connectivity index (χ0) is 15.4. The topological polar surface area (TPSA) is 40.0 Å². The van der Waals surface area contributed by atoms with Crippen LogP contribution < -0.4 is 4.57 Å². The van der Waals surface area contributed by atoms with E-state index in [1.54, 1.807) is 0 Å². The summed E-state index contributed by atoms with van der Waals surface area (Å²) in [5, 5.41) is 0. The van der Waals surface area contributed by atoms with Crippen LogP contribution in [0.5, 0.6) is 0 Å². The lowest BCUT2D eigenvalue weighted by atomic mass is 10.1. The Kier molecular flexibility index (Phi) is 4.76. The Morgan fingerprint density at radius 1 is 1.23 bits per heavy atom. The number of hydrogen-bond donors (Lipinski definition) is 1. The average Bonchev–Trinajstić information content (AvgIpc) is 3.09. The van der Waals surface area contributed by atoms with Gasteiger partial charge in [-0.15, -0.1) is 0 Å². The normalized spacial score (nSPS) is 15.1. The summed E-state index contributed by atoms with van der Waals surface area (Å²) in [6.07, 6.45) is 7.78. The van der Waals surface area contributed by atoms with Crippen molar-refractivity contribution < 1.29 is 9.36 Å². The van der Waals surface area contributed by atoms with Crippen LogP contribution in [0.4, 0.5) is 0 Å². The van der Waals surface area contributed by atoms with Crippen LogP contribution in [0.3, 0.4) is 0 Å². The maximum absolute atomic E-state index is 11.9. The first-order valence-corrected chi connectivity index (χ1v) is 8.57. The number of aromatic nitrogens is 2. The highest BCUT2D eigenvalue weighted by Crippen LogP contribution is 2.14. The van der Waals surface area contributed by atoms with Gasteiger partial charge in [0.05, 0.1) is 0 Å². The van der Waals surface area contributed by atoms with Gasteiger partial charge < -0.3 is 4.90 Å². The number of unbranched alkanes of at least 4 members (excludes halogenated alkanes) is 3. The van der Waals surface area contributed by atoms with Crippen LogP contribution in [-0.4, -0.2) is 22.3 Å². The van der Waals surface area contributed by atoms with Crippen LogP contribution in [0, 0.1) is 0 Å². The van der Waals surface area contributed by atoms with Crippen LogP contribution in [0.2, 0.25) is 0 Å². The van der Waals surface area contributed by atoms with Crippen molar-refractivity contribution in [2.45, 2.75) is 58.5 Å². The smallest absolute Gasteiger partial charge is 0.256 e. The summed E-state index contributed by atoms with van der Waals surface area (Å²) in [5.41, 5.74) is 2.37. The van der Waals surface area contributed by atoms with Crippen LogP contribution in [0.1, 0.15) is 51.3 Å². The minimum Gasteiger partial charge on any atom is -0.306 e. The molecule has 1 aliphatic rings. The molecule has 0 spiro atoms. The highest BCUT2D eigenvalue weighted by molar-refractivity contribution is 5.77. The molecule has 0 aliphatic carbocycles. The van der Waals surface area contributed by atoms with Crippen LogP contribution in [-0.2, 0) is 17.9 Å². The first-order valence-electron chi connectivity index (χ1n) is 8.57. The number of carbonyl (C=O) groups excluding carboxylic acids is 1. The number of aromatic amines is 1. The molecule has 3 rings (SSSR count). The second-order valence-electron chi connectivity index (χ2n) is 6.23. The molecule has 1 saturated heterocycles. The van der Waals surface area contributed by atoms with Gasteiger partial charge in [0, 0.05) is 19.4 Å². The van der Waals surface area contributed by atoms with E-state index in [1.807, 2.05) is 4.90 Å². The number of imidazole rings is 1. The number of benzene rings is 1. The molecule has 4 nitrogen and oxygen atoms in total. The van der Waals surface area contributed by atoms with Crippen molar-refractivity contribution in [1.82, 2.24) is 9.88 Å². The largest absolute Gasteiger partial charge is 0.306 e. The molecule has 1 aromatic heterocycles. The number of nitrogens with zero attached hydrogens (tertiary/aromatic N) is 2. The molecule has 1 aliphatic heterocycles. The van der Waals surface area contributed by atoms with E-state index in [9.17, 15) is 4.79 Å². The fourth-order valence-electron chi connectivity index (χ4n) is 3.29. The number of amides is 1. The molecule has 1 fully saturated rings. The van der Waals surface area contributed by atoms with Gasteiger partial charge in [-0.3, -0.25) is 4.79 Å². The standard InChI is InChI=1S/C18H25N3O/c1-2-3-4-5-11-17-19-15-9-6-7-10-16(15)21(17)14-20-13-8-12-18(20)22/h6-7,9-10H,2-5,8,11-14H2,1H3/p+1. The Morgan fingerprint density at radius 3 is 2.86 bits per heavy atom. The lowest BCUT2D eigenvalue weighted by molar-refractivity contribution is -0.694. The highest BCUT2D eigenvalue weighted by Gasteiger charge is 2.25. The van der Waals surface area contributed by atoms with Crippen LogP contribution >= 0.6 is 0 Å². The third kappa shape index (κ3) is 3.16. The molecule has 1 amide bonds. The number of likely N-dealkylation sites (tertiary alicyclic amines) is 1. The number of hydrogen-bond acceptors (Lipinski definition) is 1. The van der Waals surface area contributed by atoms with Crippen LogP contribution in [0.25, 0.3) is 11.0 Å². The van der Waals surface area contributed by atoms with Crippen molar-refractivity contribution in [3.05, 3.63) is 30.1 Å². The van der Waals surface area contributed by atoms with E-state index in [0.717, 1.165) is 19.4 Å². The summed E-state index contributed by atoms with van der Waals surface area (Å²) in [5.74, 6) is 1.53. The van der Waals surface area contributed by atoms with Crippen molar-refractivity contribution in [3.63, 3.8) is 0 Å². The van der Waals surface area contributed by atoms with Gasteiger partial charge in [-0.25, -0.2) is 9.55 Å². The summed E-state index contributed by atoms with van der Waals surface area (Å²) >= 11 is 0. The lowest BCUT2D eigenvalue weighted by Gasteiger charge is -2.14. The van der Waals surface area contributed by atoms with Gasteiger partial charge in [0.25, 0.3) is 5.82 Å². The summed E-state index contributed by atoms with van der Waals surface area (Å²) in [4.78, 5) is 17.5. The molecule has 4 heteroatoms. The molecule has 0 bridgehead atoms. The molecule has 0 saturated carbocycles. The minimum atomic E-state index is 0.287. The molecule has 0 radical (unpaired) electrons. The second kappa shape index (κ2) is 6.95. The number of para-hydroxylation sites is 2. The first-order chi connectivity index (χ1) is 10.8. The van der Waals surface area contributed by atoms with E-state index in [0.29, 0.717) is 13.1 Å². The number of aryl methyl sites for hydroxylation is 1. The Hall–Kier alpha value is -1.84. The SMILES string of the molecule is CCCCCCc1[nH]c2ccccc2[n+]1CN1CCCC1=O. The van der Waals surface area contributed by atoms with Gasteiger partial charge in [0.1, 0.15) is 0 Å². The predicted molar refractivity (Wildman–Crippen MR) is 87.3 cm³/mol. The zero-order valence-electron chi connectivity index (χ0n) is 13.5. The number of H-pyrrole nitrogens is 1. The fraction of sp³-hybridized carbons (Fsp3) is 0.556. The minimum absolute atomic E-state index is 0.287. The predicted octanol–water partition coefficient (Wildman–Crippen LogP) is 3.16. The number of rotatable bonds is 7. The van der Waals surface area contributed by atoms with Crippen molar-refractivity contribution in [3.8, 4) is 0 Å². The zero-order valence-corrected chi connectivity index (χ0v) is 13.5. The number of nitrogens with one attached hydrogen (secondary N) is 1. The number of fused-ring (bicyclic) bond motifs is 1. The van der Waals surface area contributed by atoms with E-state index in [4.69, 9.17) is 0 Å². The summed E-state index contributed by atoms with van der Waals surface area (Å²) < 4.78 is 2.30. The second-order valence-corrected chi connectivity index (χ2v) is 6.23. The summed E-state index contributed by atoms with van der Waals surface area (Å²) in [6.45, 7) is 3.81. The maximum Gasteiger partial charge on any atom is 0.256 e. The van der Waals surface area contributed by atoms with Gasteiger partial charge in [-0.1, -0.05) is 38.3 Å². The van der Waals surface area contributed by atoms with E-state index in [2.05, 4.69) is 40.7 Å². The molecule has 2 aromatic rings. The third-order valence-electron chi connectivity index (χ3n) is 4.55. The van der Waals surface area contributed by atoms with E-state index < -0.39 is 0 Å². The van der Waals surface area contributed by atoms with Gasteiger partial charge >= 0.3 is 0 Å². The fourth-order valence-corrected chi connectivity index (χ4v) is 3.29. The molecule has 0 unspecified atom stereocenters. The summed E-state index contributed by atoms with van der Waals surface area (Å²) in [6, 6.07) is 8.39. The highest BCUT2D eigenvalue weighted by atomic mass is 16.2. The molecular formula is C18H26N3O+. The monoisotopic (exact) mass is 300 g/mol. The summed E-state index contributed by atoms with van der Waals surface area (Å²) in [7, 11) is 0. The average molecular weight is 300 g/mol. The molecule has 2 heterocycles. The maximum atomic E-state index is 11.9. The van der Waals surface area contributed by atoms with Gasteiger partial charge in [0.2, 0.25) is 5.91 Å². The molecule has 1 N–H and O–H groups in total. The lowest BCUT2D eigenvalue weighted by Crippen LogP contribution is -2.46. The number of carbonyl (C=O) groups is 1. The quantitative estimate of drug-likeness (QED) is 0.619. The van der Waals surface area contributed by atoms with E-state index in [1.165, 1.54) is 42.5 Å².